The van der Waals surface area contributed by atoms with E-state index >= 15 is 0 Å². The van der Waals surface area contributed by atoms with Crippen molar-refractivity contribution in [1.29, 1.82) is 0 Å². The second kappa shape index (κ2) is 6.44. The summed E-state index contributed by atoms with van der Waals surface area (Å²) in [5, 5.41) is 0.581. The Labute approximate surface area is 127 Å². The topological polar surface area (TPSA) is 96.8 Å². The molecule has 4 N–H and O–H groups in total. The van der Waals surface area contributed by atoms with Crippen molar-refractivity contribution < 1.29 is 4.74 Å². The number of hydrogen-bond donors (Lipinski definition) is 3. The van der Waals surface area contributed by atoms with Crippen LogP contribution in [0.1, 0.15) is 17.5 Å². The average molecular weight is 298 g/mol. The zero-order valence-electron chi connectivity index (χ0n) is 12.1. The van der Waals surface area contributed by atoms with Gasteiger partial charge in [-0.1, -0.05) is 30.3 Å². The molecule has 0 aliphatic carbocycles. The lowest BCUT2D eigenvalue weighted by Crippen LogP contribution is -2.11. The highest BCUT2D eigenvalue weighted by molar-refractivity contribution is 5.79. The van der Waals surface area contributed by atoms with Crippen LogP contribution in [-0.2, 0) is 17.8 Å². The van der Waals surface area contributed by atoms with E-state index < -0.39 is 0 Å². The number of H-pyrrole nitrogens is 2. The van der Waals surface area contributed by atoms with Crippen molar-refractivity contribution >= 4 is 17.0 Å². The number of aromatic amines is 2. The maximum Gasteiger partial charge on any atom is 0.262 e. The Balaban J connectivity index is 1.55. The zero-order chi connectivity index (χ0) is 15.4. The third-order valence-electron chi connectivity index (χ3n) is 3.49. The van der Waals surface area contributed by atoms with E-state index in [9.17, 15) is 4.79 Å². The fraction of sp³-hybridized carbons (Fsp3) is 0.250. The van der Waals surface area contributed by atoms with E-state index in [4.69, 9.17) is 10.5 Å². The first-order valence-electron chi connectivity index (χ1n) is 7.21. The number of aryl methyl sites for hydroxylation is 1. The number of nitrogens with zero attached hydrogens (tertiary/aromatic N) is 1. The van der Waals surface area contributed by atoms with E-state index in [1.165, 1.54) is 0 Å². The Bertz CT molecular complexity index is 808. The summed E-state index contributed by atoms with van der Waals surface area (Å²) in [7, 11) is 0. The number of fused-ring (bicyclic) bond motifs is 1. The Kier molecular flexibility index (Phi) is 4.20. The van der Waals surface area contributed by atoms with Crippen molar-refractivity contribution in [1.82, 2.24) is 15.0 Å². The SMILES string of the molecule is Nc1nc2[nH]cc(CCCOCc3ccccc3)c2c(=O)[nH]1. The van der Waals surface area contributed by atoms with Gasteiger partial charge in [-0.05, 0) is 24.0 Å². The van der Waals surface area contributed by atoms with E-state index in [-0.39, 0.29) is 11.5 Å². The summed E-state index contributed by atoms with van der Waals surface area (Å²) >= 11 is 0. The van der Waals surface area contributed by atoms with Gasteiger partial charge in [0.2, 0.25) is 5.95 Å². The van der Waals surface area contributed by atoms with Gasteiger partial charge >= 0.3 is 0 Å². The average Bonchev–Trinajstić information content (AvgIpc) is 2.91. The summed E-state index contributed by atoms with van der Waals surface area (Å²) in [5.41, 5.74) is 7.94. The van der Waals surface area contributed by atoms with E-state index in [0.29, 0.717) is 24.2 Å². The van der Waals surface area contributed by atoms with E-state index in [2.05, 4.69) is 15.0 Å². The highest BCUT2D eigenvalue weighted by Crippen LogP contribution is 2.14. The highest BCUT2D eigenvalue weighted by atomic mass is 16.5. The Hall–Kier alpha value is -2.60. The molecule has 0 fully saturated rings. The van der Waals surface area contributed by atoms with Crippen LogP contribution in [-0.4, -0.2) is 21.6 Å². The van der Waals surface area contributed by atoms with Crippen LogP contribution in [0.2, 0.25) is 0 Å². The molecule has 0 atom stereocenters. The summed E-state index contributed by atoms with van der Waals surface area (Å²) in [5.74, 6) is 0.122. The third kappa shape index (κ3) is 3.17. The number of ether oxygens (including phenoxy) is 1. The normalized spacial score (nSPS) is 11.1. The molecule has 0 unspecified atom stereocenters. The number of nitrogen functional groups attached to an aromatic ring is 1. The lowest BCUT2D eigenvalue weighted by molar-refractivity contribution is 0.119. The van der Waals surface area contributed by atoms with Gasteiger partial charge in [-0.3, -0.25) is 9.78 Å². The largest absolute Gasteiger partial charge is 0.377 e. The van der Waals surface area contributed by atoms with Crippen LogP contribution in [0.3, 0.4) is 0 Å². The first-order chi connectivity index (χ1) is 10.7. The highest BCUT2D eigenvalue weighted by Gasteiger charge is 2.09. The standard InChI is InChI=1S/C16H18N4O2/c17-16-19-14-13(15(21)20-16)12(9-18-14)7-4-8-22-10-11-5-2-1-3-6-11/h1-3,5-6,9H,4,7-8,10H2,(H4,17,18,19,20,21). The fourth-order valence-electron chi connectivity index (χ4n) is 2.45. The maximum absolute atomic E-state index is 11.9. The van der Waals surface area contributed by atoms with Crippen molar-refractivity contribution in [2.45, 2.75) is 19.4 Å². The van der Waals surface area contributed by atoms with Crippen LogP contribution in [0.15, 0.2) is 41.3 Å². The molecule has 2 heterocycles. The summed E-state index contributed by atoms with van der Waals surface area (Å²) in [6.07, 6.45) is 3.40. The second-order valence-electron chi connectivity index (χ2n) is 5.13. The molecule has 0 aliphatic rings. The van der Waals surface area contributed by atoms with E-state index in [1.807, 2.05) is 36.5 Å². The summed E-state index contributed by atoms with van der Waals surface area (Å²) in [6, 6.07) is 10.1. The molecule has 3 rings (SSSR count). The molecule has 0 saturated carbocycles. The molecule has 1 aromatic carbocycles. The number of rotatable bonds is 6. The van der Waals surface area contributed by atoms with Gasteiger partial charge in [0, 0.05) is 12.8 Å². The molecule has 6 heteroatoms. The van der Waals surface area contributed by atoms with Crippen molar-refractivity contribution in [3.8, 4) is 0 Å². The first kappa shape index (κ1) is 14.3. The van der Waals surface area contributed by atoms with Crippen LogP contribution >= 0.6 is 0 Å². The Morgan fingerprint density at radius 3 is 2.86 bits per heavy atom. The lowest BCUT2D eigenvalue weighted by atomic mass is 10.1. The van der Waals surface area contributed by atoms with Gasteiger partial charge in [0.1, 0.15) is 5.65 Å². The maximum atomic E-state index is 11.9. The fourth-order valence-corrected chi connectivity index (χ4v) is 2.45. The van der Waals surface area contributed by atoms with Crippen LogP contribution in [0.5, 0.6) is 0 Å². The number of benzene rings is 1. The lowest BCUT2D eigenvalue weighted by Gasteiger charge is -2.04. The summed E-state index contributed by atoms with van der Waals surface area (Å²) < 4.78 is 5.65. The molecule has 0 radical (unpaired) electrons. The van der Waals surface area contributed by atoms with Gasteiger partial charge in [-0.15, -0.1) is 0 Å². The molecule has 0 saturated heterocycles. The van der Waals surface area contributed by atoms with Gasteiger partial charge in [-0.25, -0.2) is 0 Å². The minimum atomic E-state index is -0.205. The van der Waals surface area contributed by atoms with Gasteiger partial charge in [0.25, 0.3) is 5.56 Å². The van der Waals surface area contributed by atoms with Gasteiger partial charge in [-0.2, -0.15) is 4.98 Å². The van der Waals surface area contributed by atoms with E-state index in [1.54, 1.807) is 0 Å². The number of anilines is 1. The third-order valence-corrected chi connectivity index (χ3v) is 3.49. The predicted molar refractivity (Wildman–Crippen MR) is 85.5 cm³/mol. The summed E-state index contributed by atoms with van der Waals surface area (Å²) in [6.45, 7) is 1.25. The molecule has 3 aromatic rings. The molecule has 22 heavy (non-hydrogen) atoms. The minimum absolute atomic E-state index is 0.122. The zero-order valence-corrected chi connectivity index (χ0v) is 12.1. The van der Waals surface area contributed by atoms with Crippen LogP contribution in [0.4, 0.5) is 5.95 Å². The molecule has 6 nitrogen and oxygen atoms in total. The molecule has 0 aliphatic heterocycles. The molecular weight excluding hydrogens is 280 g/mol. The number of hydrogen-bond acceptors (Lipinski definition) is 4. The molecule has 114 valence electrons. The molecule has 0 amide bonds. The molecule has 0 bridgehead atoms. The first-order valence-corrected chi connectivity index (χ1v) is 7.21. The van der Waals surface area contributed by atoms with Gasteiger partial charge < -0.3 is 15.5 Å². The number of aromatic nitrogens is 3. The van der Waals surface area contributed by atoms with Gasteiger partial charge in [0.05, 0.1) is 12.0 Å². The smallest absolute Gasteiger partial charge is 0.262 e. The van der Waals surface area contributed by atoms with E-state index in [0.717, 1.165) is 24.0 Å². The van der Waals surface area contributed by atoms with Crippen molar-refractivity contribution in [3.63, 3.8) is 0 Å². The predicted octanol–water partition coefficient (Wildman–Crippen LogP) is 1.98. The van der Waals surface area contributed by atoms with Crippen molar-refractivity contribution in [3.05, 3.63) is 58.0 Å². The van der Waals surface area contributed by atoms with Crippen LogP contribution in [0, 0.1) is 0 Å². The van der Waals surface area contributed by atoms with Crippen molar-refractivity contribution in [2.75, 3.05) is 12.3 Å². The monoisotopic (exact) mass is 298 g/mol. The van der Waals surface area contributed by atoms with Gasteiger partial charge in [0.15, 0.2) is 0 Å². The number of nitrogens with two attached hydrogens (primary N) is 1. The second-order valence-corrected chi connectivity index (χ2v) is 5.13. The number of nitrogens with one attached hydrogen (secondary N) is 2. The molecular formula is C16H18N4O2. The quantitative estimate of drug-likeness (QED) is 0.606. The Morgan fingerprint density at radius 2 is 2.05 bits per heavy atom. The van der Waals surface area contributed by atoms with Crippen molar-refractivity contribution in [2.24, 2.45) is 0 Å². The Morgan fingerprint density at radius 1 is 1.23 bits per heavy atom. The van der Waals surface area contributed by atoms with Crippen LogP contribution in [0.25, 0.3) is 11.0 Å². The minimum Gasteiger partial charge on any atom is -0.377 e. The molecule has 0 spiro atoms. The van der Waals surface area contributed by atoms with Crippen LogP contribution < -0.4 is 11.3 Å². The summed E-state index contributed by atoms with van der Waals surface area (Å²) in [4.78, 5) is 21.5. The molecule has 2 aromatic heterocycles.